The van der Waals surface area contributed by atoms with Crippen molar-refractivity contribution in [2.75, 3.05) is 6.61 Å². The standard InChI is InChI=1S/C13H9Cl2FN4O3S/c1-2-23-12(22)8(19-20-13-17-3-4-24-13)9(21)6-5-7(16)11(15)18-10(6)14/h3-5,21H,2H2,1H3/b9-8+,20-19?. The molecule has 0 radical (unpaired) electrons. The molecule has 0 saturated heterocycles. The van der Waals surface area contributed by atoms with E-state index in [0.717, 1.165) is 17.4 Å². The lowest BCUT2D eigenvalue weighted by Crippen LogP contribution is -2.09. The Morgan fingerprint density at radius 1 is 1.46 bits per heavy atom. The van der Waals surface area contributed by atoms with Crippen molar-refractivity contribution >= 4 is 51.4 Å². The van der Waals surface area contributed by atoms with Gasteiger partial charge in [-0.25, -0.2) is 19.2 Å². The zero-order valence-electron chi connectivity index (χ0n) is 12.0. The topological polar surface area (TPSA) is 97.0 Å². The summed E-state index contributed by atoms with van der Waals surface area (Å²) in [4.78, 5) is 19.4. The lowest BCUT2D eigenvalue weighted by molar-refractivity contribution is -0.138. The molecule has 11 heteroatoms. The van der Waals surface area contributed by atoms with Crippen molar-refractivity contribution in [3.8, 4) is 0 Å². The van der Waals surface area contributed by atoms with Crippen LogP contribution in [0.25, 0.3) is 5.76 Å². The molecule has 0 aromatic carbocycles. The summed E-state index contributed by atoms with van der Waals surface area (Å²) in [6.07, 6.45) is 1.49. The van der Waals surface area contributed by atoms with Crippen LogP contribution in [0.4, 0.5) is 9.52 Å². The van der Waals surface area contributed by atoms with Crippen LogP contribution in [-0.2, 0) is 9.53 Å². The zero-order chi connectivity index (χ0) is 17.7. The van der Waals surface area contributed by atoms with E-state index in [-0.39, 0.29) is 22.5 Å². The fourth-order valence-electron chi connectivity index (χ4n) is 1.48. The second kappa shape index (κ2) is 8.13. The molecule has 2 rings (SSSR count). The second-order valence-electron chi connectivity index (χ2n) is 4.03. The highest BCUT2D eigenvalue weighted by molar-refractivity contribution is 7.13. The predicted octanol–water partition coefficient (Wildman–Crippen LogP) is 4.56. The molecule has 2 heterocycles. The molecule has 7 nitrogen and oxygen atoms in total. The molecule has 0 spiro atoms. The number of thiazole rings is 1. The third-order valence-electron chi connectivity index (χ3n) is 2.49. The lowest BCUT2D eigenvalue weighted by atomic mass is 10.2. The van der Waals surface area contributed by atoms with Gasteiger partial charge < -0.3 is 9.84 Å². The van der Waals surface area contributed by atoms with E-state index >= 15 is 0 Å². The van der Waals surface area contributed by atoms with Crippen molar-refractivity contribution in [3.05, 3.63) is 45.0 Å². The number of nitrogens with zero attached hydrogens (tertiary/aromatic N) is 4. The van der Waals surface area contributed by atoms with E-state index in [4.69, 9.17) is 27.9 Å². The molecule has 0 aliphatic rings. The third-order valence-corrected chi connectivity index (χ3v) is 3.70. The van der Waals surface area contributed by atoms with Gasteiger partial charge in [0.1, 0.15) is 5.15 Å². The molecular weight excluding hydrogens is 382 g/mol. The Morgan fingerprint density at radius 3 is 2.83 bits per heavy atom. The van der Waals surface area contributed by atoms with Crippen molar-refractivity contribution in [1.29, 1.82) is 0 Å². The first-order chi connectivity index (χ1) is 11.4. The maximum absolute atomic E-state index is 13.6. The maximum atomic E-state index is 13.6. The minimum Gasteiger partial charge on any atom is -0.505 e. The van der Waals surface area contributed by atoms with Crippen LogP contribution in [0.15, 0.2) is 33.6 Å². The Kier molecular flexibility index (Phi) is 6.18. The van der Waals surface area contributed by atoms with Crippen LogP contribution in [0.3, 0.4) is 0 Å². The summed E-state index contributed by atoms with van der Waals surface area (Å²) in [5, 5.41) is 18.7. The predicted molar refractivity (Wildman–Crippen MR) is 87.0 cm³/mol. The molecule has 2 aromatic heterocycles. The molecule has 0 amide bonds. The molecule has 2 aromatic rings. The van der Waals surface area contributed by atoms with Gasteiger partial charge in [-0.05, 0) is 13.0 Å². The van der Waals surface area contributed by atoms with Gasteiger partial charge in [0.15, 0.2) is 16.7 Å². The van der Waals surface area contributed by atoms with Gasteiger partial charge in [0, 0.05) is 11.6 Å². The number of aromatic nitrogens is 2. The lowest BCUT2D eigenvalue weighted by Gasteiger charge is -2.07. The number of hydrogen-bond donors (Lipinski definition) is 1. The van der Waals surface area contributed by atoms with Crippen LogP contribution in [0, 0.1) is 5.82 Å². The van der Waals surface area contributed by atoms with Gasteiger partial charge in [-0.2, -0.15) is 0 Å². The molecule has 24 heavy (non-hydrogen) atoms. The van der Waals surface area contributed by atoms with Crippen LogP contribution >= 0.6 is 34.5 Å². The molecule has 1 N–H and O–H groups in total. The maximum Gasteiger partial charge on any atom is 0.362 e. The molecule has 0 unspecified atom stereocenters. The Labute approximate surface area is 149 Å². The summed E-state index contributed by atoms with van der Waals surface area (Å²) in [6.45, 7) is 1.60. The fraction of sp³-hybridized carbons (Fsp3) is 0.154. The normalized spacial score (nSPS) is 12.3. The van der Waals surface area contributed by atoms with E-state index < -0.39 is 28.4 Å². The molecule has 0 saturated carbocycles. The number of ether oxygens (including phenoxy) is 1. The molecule has 0 aliphatic carbocycles. The molecule has 0 atom stereocenters. The minimum absolute atomic E-state index is 0.0311. The summed E-state index contributed by atoms with van der Waals surface area (Å²) in [5.41, 5.74) is -0.850. The number of aliphatic hydroxyl groups is 1. The number of hydrogen-bond acceptors (Lipinski definition) is 8. The van der Waals surface area contributed by atoms with E-state index in [2.05, 4.69) is 20.2 Å². The first kappa shape index (κ1) is 18.2. The van der Waals surface area contributed by atoms with E-state index in [1.807, 2.05) is 0 Å². The van der Waals surface area contributed by atoms with Crippen molar-refractivity contribution in [3.63, 3.8) is 0 Å². The van der Waals surface area contributed by atoms with Gasteiger partial charge >= 0.3 is 5.97 Å². The van der Waals surface area contributed by atoms with Gasteiger partial charge in [-0.3, -0.25) is 0 Å². The average Bonchev–Trinajstić information content (AvgIpc) is 3.04. The van der Waals surface area contributed by atoms with E-state index in [0.29, 0.717) is 0 Å². The van der Waals surface area contributed by atoms with Gasteiger partial charge in [-0.15, -0.1) is 21.6 Å². The molecule has 0 aliphatic heterocycles. The summed E-state index contributed by atoms with van der Waals surface area (Å²) < 4.78 is 18.4. The molecule has 126 valence electrons. The number of azo groups is 1. The fourth-order valence-corrected chi connectivity index (χ4v) is 2.35. The third kappa shape index (κ3) is 4.25. The number of rotatable bonds is 5. The van der Waals surface area contributed by atoms with Gasteiger partial charge in [0.2, 0.25) is 10.8 Å². The zero-order valence-corrected chi connectivity index (χ0v) is 14.4. The van der Waals surface area contributed by atoms with Crippen LogP contribution < -0.4 is 0 Å². The Morgan fingerprint density at radius 2 is 2.21 bits per heavy atom. The summed E-state index contributed by atoms with van der Waals surface area (Å²) in [5.74, 6) is -2.65. The highest BCUT2D eigenvalue weighted by Gasteiger charge is 2.22. The van der Waals surface area contributed by atoms with Crippen molar-refractivity contribution in [1.82, 2.24) is 9.97 Å². The number of carbonyl (C=O) groups excluding carboxylic acids is 1. The number of aliphatic hydroxyl groups excluding tert-OH is 1. The minimum atomic E-state index is -0.971. The van der Waals surface area contributed by atoms with Crippen molar-refractivity contribution in [2.45, 2.75) is 6.92 Å². The Hall–Kier alpha value is -2.10. The highest BCUT2D eigenvalue weighted by atomic mass is 35.5. The highest BCUT2D eigenvalue weighted by Crippen LogP contribution is 2.28. The first-order valence-corrected chi connectivity index (χ1v) is 8.01. The SMILES string of the molecule is CCOC(=O)/C(N=Nc1nccs1)=C(\O)c1cc(F)c(Cl)nc1Cl. The quantitative estimate of drug-likeness (QED) is 0.265. The molecule has 0 bridgehead atoms. The molecule has 0 fully saturated rings. The summed E-state index contributed by atoms with van der Waals surface area (Å²) in [7, 11) is 0. The molecular formula is C13H9Cl2FN4O3S. The number of esters is 1. The van der Waals surface area contributed by atoms with E-state index in [1.54, 1.807) is 12.3 Å². The number of carbonyl (C=O) groups is 1. The van der Waals surface area contributed by atoms with E-state index in [1.165, 1.54) is 6.20 Å². The van der Waals surface area contributed by atoms with Crippen LogP contribution in [0.1, 0.15) is 12.5 Å². The van der Waals surface area contributed by atoms with Gasteiger partial charge in [-0.1, -0.05) is 23.2 Å². The first-order valence-electron chi connectivity index (χ1n) is 6.37. The van der Waals surface area contributed by atoms with Crippen LogP contribution in [0.2, 0.25) is 10.3 Å². The largest absolute Gasteiger partial charge is 0.505 e. The van der Waals surface area contributed by atoms with Gasteiger partial charge in [0.05, 0.1) is 12.2 Å². The average molecular weight is 391 g/mol. The van der Waals surface area contributed by atoms with Gasteiger partial charge in [0.25, 0.3) is 0 Å². The number of pyridine rings is 1. The van der Waals surface area contributed by atoms with Crippen molar-refractivity contribution in [2.24, 2.45) is 10.2 Å². The monoisotopic (exact) mass is 390 g/mol. The second-order valence-corrected chi connectivity index (χ2v) is 5.62. The van der Waals surface area contributed by atoms with Crippen LogP contribution in [-0.4, -0.2) is 27.7 Å². The van der Waals surface area contributed by atoms with Crippen LogP contribution in [0.5, 0.6) is 0 Å². The van der Waals surface area contributed by atoms with Crippen molar-refractivity contribution < 1.29 is 19.0 Å². The Bertz CT molecular complexity index is 812. The summed E-state index contributed by atoms with van der Waals surface area (Å²) in [6, 6.07) is 0.825. The summed E-state index contributed by atoms with van der Waals surface area (Å²) >= 11 is 12.5. The Balaban J connectivity index is 2.53. The smallest absolute Gasteiger partial charge is 0.362 e. The number of halogens is 3. The van der Waals surface area contributed by atoms with E-state index in [9.17, 15) is 14.3 Å².